The average molecular weight is 239 g/mol. The molecular formula is C12H25N5. The molecule has 0 aliphatic heterocycles. The van der Waals surface area contributed by atoms with Gasteiger partial charge in [-0.1, -0.05) is 27.7 Å². The quantitative estimate of drug-likeness (QED) is 0.818. The van der Waals surface area contributed by atoms with Crippen LogP contribution in [0.3, 0.4) is 0 Å². The van der Waals surface area contributed by atoms with E-state index in [2.05, 4.69) is 48.4 Å². The van der Waals surface area contributed by atoms with Gasteiger partial charge in [-0.3, -0.25) is 0 Å². The summed E-state index contributed by atoms with van der Waals surface area (Å²) in [6.07, 6.45) is 3.15. The molecular weight excluding hydrogens is 214 g/mol. The van der Waals surface area contributed by atoms with Crippen molar-refractivity contribution < 1.29 is 0 Å². The summed E-state index contributed by atoms with van der Waals surface area (Å²) in [6, 6.07) is 0.546. The molecule has 0 spiro atoms. The highest BCUT2D eigenvalue weighted by atomic mass is 15.6. The summed E-state index contributed by atoms with van der Waals surface area (Å²) < 4.78 is 0. The van der Waals surface area contributed by atoms with Gasteiger partial charge in [-0.15, -0.1) is 10.2 Å². The number of hydrogen-bond acceptors (Lipinski definition) is 4. The summed E-state index contributed by atoms with van der Waals surface area (Å²) in [6.45, 7) is 10.0. The Hall–Kier alpha value is -0.970. The Balaban J connectivity index is 2.37. The van der Waals surface area contributed by atoms with Crippen LogP contribution in [0.15, 0.2) is 0 Å². The lowest BCUT2D eigenvalue weighted by atomic mass is 9.83. The van der Waals surface area contributed by atoms with Crippen LogP contribution in [0.25, 0.3) is 0 Å². The first-order valence-corrected chi connectivity index (χ1v) is 6.39. The van der Waals surface area contributed by atoms with Gasteiger partial charge < -0.3 is 5.32 Å². The van der Waals surface area contributed by atoms with E-state index in [-0.39, 0.29) is 0 Å². The first kappa shape index (κ1) is 14.1. The standard InChI is InChI=1S/C12H25N5/c1-6-13-10(12(2,3)4)8-7-9-11-14-16-17(5)15-11/h10,13H,6-9H2,1-5H3. The molecule has 1 unspecified atom stereocenters. The van der Waals surface area contributed by atoms with E-state index in [4.69, 9.17) is 0 Å². The number of tetrazole rings is 1. The third kappa shape index (κ3) is 4.81. The van der Waals surface area contributed by atoms with Crippen molar-refractivity contribution in [1.82, 2.24) is 25.5 Å². The van der Waals surface area contributed by atoms with Crippen molar-refractivity contribution >= 4 is 0 Å². The van der Waals surface area contributed by atoms with Gasteiger partial charge in [0.1, 0.15) is 0 Å². The van der Waals surface area contributed by atoms with E-state index in [9.17, 15) is 0 Å². The fourth-order valence-corrected chi connectivity index (χ4v) is 1.98. The average Bonchev–Trinajstić information content (AvgIpc) is 2.61. The fourth-order valence-electron chi connectivity index (χ4n) is 1.98. The Labute approximate surface area is 104 Å². The molecule has 1 aromatic rings. The van der Waals surface area contributed by atoms with Gasteiger partial charge in [0.2, 0.25) is 0 Å². The van der Waals surface area contributed by atoms with Crippen molar-refractivity contribution in [2.24, 2.45) is 12.5 Å². The Kier molecular flexibility index (Phi) is 5.05. The zero-order valence-electron chi connectivity index (χ0n) is 11.7. The van der Waals surface area contributed by atoms with Gasteiger partial charge >= 0.3 is 0 Å². The number of nitrogens with zero attached hydrogens (tertiary/aromatic N) is 4. The van der Waals surface area contributed by atoms with Crippen LogP contribution in [0.2, 0.25) is 0 Å². The highest BCUT2D eigenvalue weighted by molar-refractivity contribution is 4.83. The number of hydrogen-bond donors (Lipinski definition) is 1. The SMILES string of the molecule is CCNC(CCCc1nnn(C)n1)C(C)(C)C. The lowest BCUT2D eigenvalue weighted by Crippen LogP contribution is -2.40. The molecule has 1 N–H and O–H groups in total. The lowest BCUT2D eigenvalue weighted by molar-refractivity contribution is 0.254. The van der Waals surface area contributed by atoms with Crippen LogP contribution in [0.5, 0.6) is 0 Å². The third-order valence-electron chi connectivity index (χ3n) is 2.94. The van der Waals surface area contributed by atoms with Crippen molar-refractivity contribution in [3.63, 3.8) is 0 Å². The summed E-state index contributed by atoms with van der Waals surface area (Å²) in [5.74, 6) is 0.844. The van der Waals surface area contributed by atoms with E-state index < -0.39 is 0 Å². The van der Waals surface area contributed by atoms with E-state index in [1.807, 2.05) is 0 Å². The second-order valence-corrected chi connectivity index (χ2v) is 5.56. The van der Waals surface area contributed by atoms with E-state index in [0.29, 0.717) is 11.5 Å². The molecule has 0 bridgehead atoms. The summed E-state index contributed by atoms with van der Waals surface area (Å²) in [5.41, 5.74) is 0.297. The van der Waals surface area contributed by atoms with E-state index in [1.54, 1.807) is 7.05 Å². The van der Waals surface area contributed by atoms with Gasteiger partial charge in [0.15, 0.2) is 5.82 Å². The van der Waals surface area contributed by atoms with Crippen LogP contribution in [0.1, 0.15) is 46.4 Å². The highest BCUT2D eigenvalue weighted by Crippen LogP contribution is 2.23. The molecule has 1 atom stereocenters. The van der Waals surface area contributed by atoms with Gasteiger partial charge in [-0.05, 0) is 30.0 Å². The maximum atomic E-state index is 4.19. The fraction of sp³-hybridized carbons (Fsp3) is 0.917. The normalized spacial score (nSPS) is 13.9. The zero-order chi connectivity index (χ0) is 12.9. The molecule has 0 amide bonds. The van der Waals surface area contributed by atoms with Gasteiger partial charge in [0.05, 0.1) is 7.05 Å². The molecule has 0 fully saturated rings. The Morgan fingerprint density at radius 3 is 2.53 bits per heavy atom. The molecule has 0 radical (unpaired) electrons. The maximum Gasteiger partial charge on any atom is 0.174 e. The zero-order valence-corrected chi connectivity index (χ0v) is 11.7. The van der Waals surface area contributed by atoms with Crippen LogP contribution in [0, 0.1) is 5.41 Å². The number of rotatable bonds is 6. The molecule has 17 heavy (non-hydrogen) atoms. The van der Waals surface area contributed by atoms with Crippen LogP contribution >= 0.6 is 0 Å². The maximum absolute atomic E-state index is 4.19. The second kappa shape index (κ2) is 6.10. The predicted molar refractivity (Wildman–Crippen MR) is 68.7 cm³/mol. The smallest absolute Gasteiger partial charge is 0.174 e. The molecule has 0 aromatic carbocycles. The monoisotopic (exact) mass is 239 g/mol. The van der Waals surface area contributed by atoms with Gasteiger partial charge in [-0.25, -0.2) is 0 Å². The van der Waals surface area contributed by atoms with E-state index in [0.717, 1.165) is 31.6 Å². The number of nitrogens with one attached hydrogen (secondary N) is 1. The molecule has 0 saturated heterocycles. The minimum atomic E-state index is 0.297. The van der Waals surface area contributed by atoms with Crippen LogP contribution in [-0.4, -0.2) is 32.8 Å². The Morgan fingerprint density at radius 1 is 1.35 bits per heavy atom. The van der Waals surface area contributed by atoms with Crippen LogP contribution in [-0.2, 0) is 13.5 Å². The molecule has 5 nitrogen and oxygen atoms in total. The first-order valence-electron chi connectivity index (χ1n) is 6.39. The van der Waals surface area contributed by atoms with Crippen LogP contribution in [0.4, 0.5) is 0 Å². The molecule has 0 saturated carbocycles. The first-order chi connectivity index (χ1) is 7.93. The van der Waals surface area contributed by atoms with Crippen LogP contribution < -0.4 is 5.32 Å². The second-order valence-electron chi connectivity index (χ2n) is 5.56. The molecule has 98 valence electrons. The summed E-state index contributed by atoms with van der Waals surface area (Å²) in [7, 11) is 1.80. The lowest BCUT2D eigenvalue weighted by Gasteiger charge is -2.31. The van der Waals surface area contributed by atoms with E-state index >= 15 is 0 Å². The summed E-state index contributed by atoms with van der Waals surface area (Å²) >= 11 is 0. The largest absolute Gasteiger partial charge is 0.314 e. The third-order valence-corrected chi connectivity index (χ3v) is 2.94. The van der Waals surface area contributed by atoms with Gasteiger partial charge in [-0.2, -0.15) is 4.80 Å². The molecule has 1 aromatic heterocycles. The summed E-state index contributed by atoms with van der Waals surface area (Å²) in [5, 5.41) is 15.6. The van der Waals surface area contributed by atoms with Crippen molar-refractivity contribution in [2.45, 2.75) is 53.0 Å². The highest BCUT2D eigenvalue weighted by Gasteiger charge is 2.23. The van der Waals surface area contributed by atoms with Crippen molar-refractivity contribution in [2.75, 3.05) is 6.54 Å². The Morgan fingerprint density at radius 2 is 2.06 bits per heavy atom. The van der Waals surface area contributed by atoms with Crippen molar-refractivity contribution in [3.05, 3.63) is 5.82 Å². The molecule has 5 heteroatoms. The topological polar surface area (TPSA) is 55.6 Å². The van der Waals surface area contributed by atoms with E-state index in [1.165, 1.54) is 4.80 Å². The predicted octanol–water partition coefficient (Wildman–Crippen LogP) is 1.56. The Bertz CT molecular complexity index is 326. The minimum absolute atomic E-state index is 0.297. The number of aromatic nitrogens is 4. The molecule has 1 heterocycles. The summed E-state index contributed by atoms with van der Waals surface area (Å²) in [4.78, 5) is 1.51. The molecule has 1 rings (SSSR count). The van der Waals surface area contributed by atoms with Gasteiger partial charge in [0, 0.05) is 12.5 Å². The molecule has 0 aliphatic rings. The van der Waals surface area contributed by atoms with Crippen molar-refractivity contribution in [1.29, 1.82) is 0 Å². The van der Waals surface area contributed by atoms with Crippen molar-refractivity contribution in [3.8, 4) is 0 Å². The minimum Gasteiger partial charge on any atom is -0.314 e. The van der Waals surface area contributed by atoms with Gasteiger partial charge in [0.25, 0.3) is 0 Å². The molecule has 0 aliphatic carbocycles. The number of aryl methyl sites for hydroxylation is 2.